The van der Waals surface area contributed by atoms with Crippen LogP contribution in [0.5, 0.6) is 0 Å². The summed E-state index contributed by atoms with van der Waals surface area (Å²) in [5.74, 6) is 1.60. The van der Waals surface area contributed by atoms with E-state index < -0.39 is 11.9 Å². The molecular formula is C27H44N6O4. The fourth-order valence-corrected chi connectivity index (χ4v) is 6.35. The van der Waals surface area contributed by atoms with Gasteiger partial charge in [0, 0.05) is 25.5 Å². The van der Waals surface area contributed by atoms with Gasteiger partial charge in [0.2, 0.25) is 5.95 Å². The SMILES string of the molecule is O=C(NO)c1cnc(N2CCC(CNCC3CCC(CN[C@H](C(=O)O)C4CCCCC4)CC3)CC2)nc1. The molecule has 37 heavy (non-hydrogen) atoms. The van der Waals surface area contributed by atoms with Gasteiger partial charge in [-0.1, -0.05) is 19.3 Å². The number of nitrogens with one attached hydrogen (secondary N) is 3. The van der Waals surface area contributed by atoms with Crippen molar-refractivity contribution >= 4 is 17.8 Å². The number of carboxylic acids is 1. The zero-order chi connectivity index (χ0) is 26.0. The second kappa shape index (κ2) is 14.0. The second-order valence-corrected chi connectivity index (χ2v) is 11.3. The van der Waals surface area contributed by atoms with Crippen LogP contribution in [-0.4, -0.2) is 70.9 Å². The van der Waals surface area contributed by atoms with Gasteiger partial charge in [-0.15, -0.1) is 0 Å². The van der Waals surface area contributed by atoms with E-state index >= 15 is 0 Å². The molecule has 0 unspecified atom stereocenters. The topological polar surface area (TPSA) is 140 Å². The Bertz CT molecular complexity index is 847. The Balaban J connectivity index is 1.08. The molecule has 0 bridgehead atoms. The van der Waals surface area contributed by atoms with Gasteiger partial charge in [0.25, 0.3) is 5.91 Å². The maximum absolute atomic E-state index is 11.8. The maximum atomic E-state index is 11.8. The quantitative estimate of drug-likeness (QED) is 0.222. The number of aliphatic carboxylic acids is 1. The molecule has 1 aromatic heterocycles. The standard InChI is InChI=1S/C27H44N6O4/c34-25(32-37)23-17-30-27(31-18-23)33-12-10-21(11-13-33)15-28-14-19-6-8-20(9-7-19)16-29-24(26(35)36)22-4-2-1-3-5-22/h17-22,24,28-29,37H,1-16H2,(H,32,34)(H,35,36)/t19?,20?,24-/m0/s1. The molecule has 3 fully saturated rings. The lowest BCUT2D eigenvalue weighted by Gasteiger charge is -2.34. The highest BCUT2D eigenvalue weighted by Crippen LogP contribution is 2.30. The van der Waals surface area contributed by atoms with Gasteiger partial charge in [0.1, 0.15) is 6.04 Å². The Morgan fingerprint density at radius 3 is 2.00 bits per heavy atom. The minimum atomic E-state index is -0.673. The number of hydrogen-bond donors (Lipinski definition) is 5. The summed E-state index contributed by atoms with van der Waals surface area (Å²) in [7, 11) is 0. The predicted octanol–water partition coefficient (Wildman–Crippen LogP) is 2.83. The average molecular weight is 517 g/mol. The highest BCUT2D eigenvalue weighted by atomic mass is 16.5. The van der Waals surface area contributed by atoms with Gasteiger partial charge < -0.3 is 20.6 Å². The van der Waals surface area contributed by atoms with Crippen molar-refractivity contribution in [2.75, 3.05) is 37.6 Å². The van der Waals surface area contributed by atoms with E-state index in [-0.39, 0.29) is 11.6 Å². The van der Waals surface area contributed by atoms with Crippen molar-refractivity contribution in [2.45, 2.75) is 76.7 Å². The van der Waals surface area contributed by atoms with Crippen LogP contribution >= 0.6 is 0 Å². The number of amides is 1. The van der Waals surface area contributed by atoms with E-state index in [1.165, 1.54) is 57.3 Å². The highest BCUT2D eigenvalue weighted by Gasteiger charge is 2.30. The third kappa shape index (κ3) is 8.09. The molecule has 0 aromatic carbocycles. The van der Waals surface area contributed by atoms with Gasteiger partial charge in [-0.2, -0.15) is 0 Å². The van der Waals surface area contributed by atoms with Crippen molar-refractivity contribution < 1.29 is 19.9 Å². The Morgan fingerprint density at radius 1 is 0.865 bits per heavy atom. The van der Waals surface area contributed by atoms with Crippen LogP contribution in [0, 0.1) is 23.7 Å². The van der Waals surface area contributed by atoms with Gasteiger partial charge in [-0.3, -0.25) is 14.8 Å². The molecule has 1 aliphatic heterocycles. The summed E-state index contributed by atoms with van der Waals surface area (Å²) in [6.45, 7) is 4.74. The number of nitrogens with zero attached hydrogens (tertiary/aromatic N) is 3. The van der Waals surface area contributed by atoms with E-state index in [0.717, 1.165) is 58.4 Å². The molecule has 2 aliphatic carbocycles. The van der Waals surface area contributed by atoms with Gasteiger partial charge >= 0.3 is 5.97 Å². The normalized spacial score (nSPS) is 24.5. The van der Waals surface area contributed by atoms with Crippen LogP contribution in [0.1, 0.15) is 81.0 Å². The zero-order valence-corrected chi connectivity index (χ0v) is 21.9. The van der Waals surface area contributed by atoms with Crippen molar-refractivity contribution in [1.29, 1.82) is 0 Å². The molecule has 3 aliphatic rings. The Hall–Kier alpha value is -2.30. The first-order valence-electron chi connectivity index (χ1n) is 14.2. The van der Waals surface area contributed by atoms with Crippen molar-refractivity contribution in [2.24, 2.45) is 23.7 Å². The van der Waals surface area contributed by atoms with E-state index in [1.54, 1.807) is 5.48 Å². The van der Waals surface area contributed by atoms with Crippen molar-refractivity contribution in [3.8, 4) is 0 Å². The molecule has 0 radical (unpaired) electrons. The van der Waals surface area contributed by atoms with Gasteiger partial charge in [0.15, 0.2) is 0 Å². The highest BCUT2D eigenvalue weighted by molar-refractivity contribution is 5.92. The summed E-state index contributed by atoms with van der Waals surface area (Å²) in [4.78, 5) is 33.9. The molecule has 0 spiro atoms. The molecule has 1 aromatic rings. The molecule has 1 saturated heterocycles. The summed E-state index contributed by atoms with van der Waals surface area (Å²) in [6, 6.07) is -0.371. The number of carboxylic acid groups (broad SMARTS) is 1. The van der Waals surface area contributed by atoms with Crippen molar-refractivity contribution in [1.82, 2.24) is 26.1 Å². The minimum absolute atomic E-state index is 0.236. The number of carbonyl (C=O) groups is 2. The van der Waals surface area contributed by atoms with Gasteiger partial charge in [0.05, 0.1) is 5.56 Å². The lowest BCUT2D eigenvalue weighted by molar-refractivity contribution is -0.141. The number of carbonyl (C=O) groups excluding carboxylic acids is 1. The first-order chi connectivity index (χ1) is 18.0. The Labute approximate surface area is 220 Å². The Morgan fingerprint density at radius 2 is 1.43 bits per heavy atom. The first-order valence-corrected chi connectivity index (χ1v) is 14.2. The molecular weight excluding hydrogens is 472 g/mol. The van der Waals surface area contributed by atoms with Crippen LogP contribution < -0.4 is 21.0 Å². The summed E-state index contributed by atoms with van der Waals surface area (Å²) in [5, 5.41) is 25.6. The predicted molar refractivity (Wildman–Crippen MR) is 141 cm³/mol. The number of hydrogen-bond acceptors (Lipinski definition) is 8. The summed E-state index contributed by atoms with van der Waals surface area (Å²) < 4.78 is 0. The van der Waals surface area contributed by atoms with Crippen LogP contribution in [0.3, 0.4) is 0 Å². The fourth-order valence-electron chi connectivity index (χ4n) is 6.35. The largest absolute Gasteiger partial charge is 0.480 e. The molecule has 10 heteroatoms. The van der Waals surface area contributed by atoms with E-state index in [1.807, 2.05) is 0 Å². The van der Waals surface area contributed by atoms with Crippen molar-refractivity contribution in [3.05, 3.63) is 18.0 Å². The molecule has 206 valence electrons. The van der Waals surface area contributed by atoms with Gasteiger partial charge in [-0.05, 0) is 94.7 Å². The number of aromatic nitrogens is 2. The fraction of sp³-hybridized carbons (Fsp3) is 0.778. The zero-order valence-electron chi connectivity index (χ0n) is 21.9. The van der Waals surface area contributed by atoms with Crippen molar-refractivity contribution in [3.63, 3.8) is 0 Å². The molecule has 2 heterocycles. The van der Waals surface area contributed by atoms with E-state index in [4.69, 9.17) is 5.21 Å². The smallest absolute Gasteiger partial charge is 0.320 e. The molecule has 1 atom stereocenters. The monoisotopic (exact) mass is 516 g/mol. The van der Waals surface area contributed by atoms with Crippen LogP contribution in [0.4, 0.5) is 5.95 Å². The summed E-state index contributed by atoms with van der Waals surface area (Å²) in [5.41, 5.74) is 1.83. The third-order valence-corrected chi connectivity index (χ3v) is 8.75. The molecule has 10 nitrogen and oxygen atoms in total. The Kier molecular flexibility index (Phi) is 10.5. The van der Waals surface area contributed by atoms with Gasteiger partial charge in [-0.25, -0.2) is 15.4 Å². The average Bonchev–Trinajstić information content (AvgIpc) is 2.94. The minimum Gasteiger partial charge on any atom is -0.480 e. The van der Waals surface area contributed by atoms with E-state index in [9.17, 15) is 14.7 Å². The van der Waals surface area contributed by atoms with E-state index in [0.29, 0.717) is 29.6 Å². The first kappa shape index (κ1) is 27.7. The number of anilines is 1. The molecule has 5 N–H and O–H groups in total. The summed E-state index contributed by atoms with van der Waals surface area (Å²) >= 11 is 0. The van der Waals surface area contributed by atoms with Crippen LogP contribution in [-0.2, 0) is 4.79 Å². The second-order valence-electron chi connectivity index (χ2n) is 11.3. The summed E-state index contributed by atoms with van der Waals surface area (Å²) in [6.07, 6.45) is 15.5. The third-order valence-electron chi connectivity index (χ3n) is 8.75. The number of hydroxylamine groups is 1. The van der Waals surface area contributed by atoms with E-state index in [2.05, 4.69) is 25.5 Å². The van der Waals surface area contributed by atoms with Crippen LogP contribution in [0.15, 0.2) is 12.4 Å². The molecule has 1 amide bonds. The number of rotatable bonds is 11. The van der Waals surface area contributed by atoms with Crippen LogP contribution in [0.2, 0.25) is 0 Å². The lowest BCUT2D eigenvalue weighted by atomic mass is 9.80. The molecule has 2 saturated carbocycles. The maximum Gasteiger partial charge on any atom is 0.320 e. The van der Waals surface area contributed by atoms with Crippen LogP contribution in [0.25, 0.3) is 0 Å². The number of piperidine rings is 1. The lowest BCUT2D eigenvalue weighted by Crippen LogP contribution is -2.46. The molecule has 4 rings (SSSR count).